The summed E-state index contributed by atoms with van der Waals surface area (Å²) >= 11 is 4.87. The smallest absolute Gasteiger partial charge is 0.182 e. The minimum absolute atomic E-state index is 0.251. The maximum atomic E-state index is 8.82. The fourth-order valence-corrected chi connectivity index (χ4v) is 1.08. The lowest BCUT2D eigenvalue weighted by molar-refractivity contribution is 0.401. The van der Waals surface area contributed by atoms with Gasteiger partial charge in [-0.3, -0.25) is 4.98 Å². The molecule has 13 heavy (non-hydrogen) atoms. The Bertz CT molecular complexity index is 331. The maximum absolute atomic E-state index is 8.82. The molecule has 1 rings (SSSR count). The van der Waals surface area contributed by atoms with Crippen molar-refractivity contribution in [1.29, 1.82) is 5.26 Å². The lowest BCUT2D eigenvalue weighted by Gasteiger charge is -2.07. The summed E-state index contributed by atoms with van der Waals surface area (Å²) in [5.41, 5.74) is 0.622. The van der Waals surface area contributed by atoms with Crippen LogP contribution in [-0.2, 0) is 4.74 Å². The number of hydrogen-bond donors (Lipinski definition) is 0. The normalized spacial score (nSPS) is 11.4. The minimum atomic E-state index is -0.554. The summed E-state index contributed by atoms with van der Waals surface area (Å²) in [7, 11) is 1.45. The number of nitriles is 1. The molecule has 0 radical (unpaired) electrons. The number of hydrogen-bond acceptors (Lipinski definition) is 4. The highest BCUT2D eigenvalue weighted by Gasteiger charge is 2.17. The first-order valence-electron chi connectivity index (χ1n) is 3.68. The summed E-state index contributed by atoms with van der Waals surface area (Å²) in [5.74, 6) is -0.554. The molecule has 0 amide bonds. The lowest BCUT2D eigenvalue weighted by atomic mass is 10.1. The molecule has 0 fully saturated rings. The number of nitrogens with zero attached hydrogens (tertiary/aromatic N) is 2. The Kier molecular flexibility index (Phi) is 3.35. The van der Waals surface area contributed by atoms with Gasteiger partial charge >= 0.3 is 0 Å². The van der Waals surface area contributed by atoms with Crippen molar-refractivity contribution < 1.29 is 4.74 Å². The third-order valence-corrected chi connectivity index (χ3v) is 1.95. The van der Waals surface area contributed by atoms with Gasteiger partial charge in [0.1, 0.15) is 0 Å². The Morgan fingerprint density at radius 2 is 2.46 bits per heavy atom. The van der Waals surface area contributed by atoms with Crippen LogP contribution in [0.25, 0.3) is 0 Å². The fourth-order valence-electron chi connectivity index (χ4n) is 0.904. The van der Waals surface area contributed by atoms with E-state index in [1.165, 1.54) is 7.11 Å². The second kappa shape index (κ2) is 4.53. The molecule has 0 spiro atoms. The summed E-state index contributed by atoms with van der Waals surface area (Å²) in [6.07, 6.45) is 1.62. The van der Waals surface area contributed by atoms with Crippen molar-refractivity contribution in [2.75, 3.05) is 7.11 Å². The van der Waals surface area contributed by atoms with Gasteiger partial charge in [-0.2, -0.15) is 5.26 Å². The third kappa shape index (κ3) is 2.23. The second-order valence-corrected chi connectivity index (χ2v) is 2.74. The molecule has 0 aromatic carbocycles. The zero-order valence-corrected chi connectivity index (χ0v) is 7.91. The van der Waals surface area contributed by atoms with E-state index in [9.17, 15) is 0 Å². The second-order valence-electron chi connectivity index (χ2n) is 2.34. The van der Waals surface area contributed by atoms with Gasteiger partial charge in [-0.1, -0.05) is 6.07 Å². The van der Waals surface area contributed by atoms with E-state index in [2.05, 4.69) is 4.98 Å². The van der Waals surface area contributed by atoms with Crippen LogP contribution in [-0.4, -0.2) is 17.1 Å². The van der Waals surface area contributed by atoms with Gasteiger partial charge in [-0.05, 0) is 24.4 Å². The van der Waals surface area contributed by atoms with Gasteiger partial charge in [-0.15, -0.1) is 0 Å². The number of thiocarbonyl (C=S) groups is 1. The van der Waals surface area contributed by atoms with Crippen LogP contribution >= 0.6 is 12.2 Å². The fraction of sp³-hybridized carbons (Fsp3) is 0.222. The molecule has 3 nitrogen and oxygen atoms in total. The molecule has 0 aliphatic carbocycles. The van der Waals surface area contributed by atoms with Crippen molar-refractivity contribution in [1.82, 2.24) is 4.98 Å². The third-order valence-electron chi connectivity index (χ3n) is 1.55. The van der Waals surface area contributed by atoms with E-state index < -0.39 is 5.92 Å². The molecule has 0 N–H and O–H groups in total. The van der Waals surface area contributed by atoms with Gasteiger partial charge in [0.2, 0.25) is 0 Å². The molecule has 1 unspecified atom stereocenters. The van der Waals surface area contributed by atoms with Crippen LogP contribution in [0.15, 0.2) is 24.4 Å². The highest BCUT2D eigenvalue weighted by Crippen LogP contribution is 2.14. The molecule has 0 aliphatic heterocycles. The SMILES string of the molecule is COC(=S)C(C#N)c1ccccn1. The molecule has 66 valence electrons. The first-order valence-corrected chi connectivity index (χ1v) is 4.08. The van der Waals surface area contributed by atoms with E-state index in [4.69, 9.17) is 22.2 Å². The summed E-state index contributed by atoms with van der Waals surface area (Å²) in [4.78, 5) is 4.03. The zero-order chi connectivity index (χ0) is 9.68. The van der Waals surface area contributed by atoms with Crippen LogP contribution < -0.4 is 0 Å². The van der Waals surface area contributed by atoms with Crippen molar-refractivity contribution in [3.8, 4) is 6.07 Å². The summed E-state index contributed by atoms with van der Waals surface area (Å²) in [5, 5.41) is 9.07. The van der Waals surface area contributed by atoms with Gasteiger partial charge < -0.3 is 4.74 Å². The first kappa shape index (κ1) is 9.62. The average molecular weight is 192 g/mol. The van der Waals surface area contributed by atoms with Crippen LogP contribution in [0.4, 0.5) is 0 Å². The molecular weight excluding hydrogens is 184 g/mol. The van der Waals surface area contributed by atoms with Gasteiger partial charge in [0.15, 0.2) is 11.0 Å². The Morgan fingerprint density at radius 1 is 1.69 bits per heavy atom. The van der Waals surface area contributed by atoms with E-state index >= 15 is 0 Å². The van der Waals surface area contributed by atoms with E-state index in [1.54, 1.807) is 18.3 Å². The van der Waals surface area contributed by atoms with Crippen LogP contribution in [0.2, 0.25) is 0 Å². The summed E-state index contributed by atoms with van der Waals surface area (Å²) in [6, 6.07) is 7.39. The molecule has 1 atom stereocenters. The maximum Gasteiger partial charge on any atom is 0.182 e. The molecule has 0 aliphatic rings. The Hall–Kier alpha value is -1.47. The molecule has 4 heteroatoms. The first-order chi connectivity index (χ1) is 6.29. The average Bonchev–Trinajstić information content (AvgIpc) is 2.20. The summed E-state index contributed by atoms with van der Waals surface area (Å²) < 4.78 is 4.83. The minimum Gasteiger partial charge on any atom is -0.488 e. The largest absolute Gasteiger partial charge is 0.488 e. The van der Waals surface area contributed by atoms with Crippen molar-refractivity contribution in [3.63, 3.8) is 0 Å². The van der Waals surface area contributed by atoms with Gasteiger partial charge in [0.05, 0.1) is 18.9 Å². The van der Waals surface area contributed by atoms with Crippen molar-refractivity contribution in [2.24, 2.45) is 0 Å². The van der Waals surface area contributed by atoms with Gasteiger partial charge in [0.25, 0.3) is 0 Å². The molecule has 0 saturated heterocycles. The van der Waals surface area contributed by atoms with E-state index in [1.807, 2.05) is 12.1 Å². The molecule has 1 heterocycles. The predicted molar refractivity (Wildman–Crippen MR) is 52.2 cm³/mol. The van der Waals surface area contributed by atoms with Gasteiger partial charge in [-0.25, -0.2) is 0 Å². The van der Waals surface area contributed by atoms with E-state index in [0.717, 1.165) is 0 Å². The Labute approximate surface area is 82.0 Å². The predicted octanol–water partition coefficient (Wildman–Crippen LogP) is 1.66. The zero-order valence-electron chi connectivity index (χ0n) is 7.10. The van der Waals surface area contributed by atoms with Crippen molar-refractivity contribution >= 4 is 17.3 Å². The topological polar surface area (TPSA) is 45.9 Å². The van der Waals surface area contributed by atoms with Crippen LogP contribution in [0.3, 0.4) is 0 Å². The Morgan fingerprint density at radius 3 is 2.92 bits per heavy atom. The molecule has 0 saturated carbocycles. The van der Waals surface area contributed by atoms with Crippen LogP contribution in [0, 0.1) is 11.3 Å². The highest BCUT2D eigenvalue weighted by atomic mass is 32.1. The number of methoxy groups -OCH3 is 1. The van der Waals surface area contributed by atoms with Gasteiger partial charge in [0, 0.05) is 6.20 Å². The quantitative estimate of drug-likeness (QED) is 0.668. The number of rotatable bonds is 2. The summed E-state index contributed by atoms with van der Waals surface area (Å²) in [6.45, 7) is 0. The monoisotopic (exact) mass is 192 g/mol. The Balaban J connectivity index is 2.93. The van der Waals surface area contributed by atoms with Crippen LogP contribution in [0.1, 0.15) is 11.6 Å². The molecular formula is C9H8N2OS. The number of ether oxygens (including phenoxy) is 1. The number of pyridine rings is 1. The highest BCUT2D eigenvalue weighted by molar-refractivity contribution is 7.80. The standard InChI is InChI=1S/C9H8N2OS/c1-12-9(13)7(6-10)8-4-2-3-5-11-8/h2-5,7H,1H3. The van der Waals surface area contributed by atoms with Crippen molar-refractivity contribution in [2.45, 2.75) is 5.92 Å². The van der Waals surface area contributed by atoms with Crippen LogP contribution in [0.5, 0.6) is 0 Å². The lowest BCUT2D eigenvalue weighted by Crippen LogP contribution is -2.11. The molecule has 1 aromatic rings. The van der Waals surface area contributed by atoms with Crippen molar-refractivity contribution in [3.05, 3.63) is 30.1 Å². The van der Waals surface area contributed by atoms with E-state index in [-0.39, 0.29) is 5.05 Å². The number of aromatic nitrogens is 1. The molecule has 0 bridgehead atoms. The van der Waals surface area contributed by atoms with E-state index in [0.29, 0.717) is 5.69 Å². The molecule has 1 aromatic heterocycles.